The molecule has 0 aromatic heterocycles. The summed E-state index contributed by atoms with van der Waals surface area (Å²) in [5.41, 5.74) is -1.48. The van der Waals surface area contributed by atoms with Crippen molar-refractivity contribution in [3.63, 3.8) is 0 Å². The molecule has 102 valence electrons. The fraction of sp³-hybridized carbons (Fsp3) is 0.500. The summed E-state index contributed by atoms with van der Waals surface area (Å²) in [4.78, 5) is 0. The minimum Gasteiger partial charge on any atom is -0.385 e. The van der Waals surface area contributed by atoms with Crippen LogP contribution >= 0.6 is 11.6 Å². The predicted octanol–water partition coefficient (Wildman–Crippen LogP) is 4.42. The molecule has 0 heterocycles. The first kappa shape index (κ1) is 15.2. The fourth-order valence-electron chi connectivity index (χ4n) is 1.68. The third kappa shape index (κ3) is 4.46. The standard InChI is InChI=1S/C12H13ClF4O/c1-11(18,5-2-6-12(15,16)17)9-7-8(14)3-4-10(9)13/h3-4,7,18H,2,5-6H2,1H3. The number of hydrogen-bond donors (Lipinski definition) is 1. The van der Waals surface area contributed by atoms with Gasteiger partial charge in [-0.1, -0.05) is 11.6 Å². The molecule has 1 atom stereocenters. The molecule has 0 fully saturated rings. The molecule has 0 aliphatic carbocycles. The largest absolute Gasteiger partial charge is 0.389 e. The average molecular weight is 285 g/mol. The highest BCUT2D eigenvalue weighted by Crippen LogP contribution is 2.34. The molecule has 0 aliphatic rings. The van der Waals surface area contributed by atoms with Crippen LogP contribution in [-0.4, -0.2) is 11.3 Å². The molecule has 18 heavy (non-hydrogen) atoms. The van der Waals surface area contributed by atoms with Crippen LogP contribution in [0, 0.1) is 5.82 Å². The van der Waals surface area contributed by atoms with Gasteiger partial charge in [0.25, 0.3) is 0 Å². The van der Waals surface area contributed by atoms with Gasteiger partial charge in [-0.3, -0.25) is 0 Å². The maximum atomic E-state index is 13.0. The zero-order valence-corrected chi connectivity index (χ0v) is 10.4. The maximum absolute atomic E-state index is 13.0. The summed E-state index contributed by atoms with van der Waals surface area (Å²) in [7, 11) is 0. The van der Waals surface area contributed by atoms with E-state index in [2.05, 4.69) is 0 Å². The molecule has 0 spiro atoms. The lowest BCUT2D eigenvalue weighted by Gasteiger charge is -2.25. The highest BCUT2D eigenvalue weighted by Gasteiger charge is 2.31. The van der Waals surface area contributed by atoms with Crippen LogP contribution in [0.4, 0.5) is 17.6 Å². The van der Waals surface area contributed by atoms with E-state index in [1.165, 1.54) is 13.0 Å². The molecule has 0 saturated carbocycles. The molecule has 0 bridgehead atoms. The quantitative estimate of drug-likeness (QED) is 0.812. The van der Waals surface area contributed by atoms with Gasteiger partial charge in [0, 0.05) is 17.0 Å². The predicted molar refractivity (Wildman–Crippen MR) is 60.9 cm³/mol. The molecule has 0 radical (unpaired) electrons. The Hall–Kier alpha value is -0.810. The van der Waals surface area contributed by atoms with Crippen molar-refractivity contribution in [3.05, 3.63) is 34.6 Å². The molecule has 1 unspecified atom stereocenters. The van der Waals surface area contributed by atoms with Gasteiger partial charge < -0.3 is 5.11 Å². The lowest BCUT2D eigenvalue weighted by atomic mass is 9.90. The number of benzene rings is 1. The number of aliphatic hydroxyl groups is 1. The first-order chi connectivity index (χ1) is 8.12. The van der Waals surface area contributed by atoms with Gasteiger partial charge in [0.1, 0.15) is 5.82 Å². The van der Waals surface area contributed by atoms with Crippen molar-refractivity contribution >= 4 is 11.6 Å². The molecule has 1 rings (SSSR count). The number of alkyl halides is 3. The topological polar surface area (TPSA) is 20.2 Å². The van der Waals surface area contributed by atoms with Crippen molar-refractivity contribution in [2.75, 3.05) is 0 Å². The van der Waals surface area contributed by atoms with E-state index in [0.717, 1.165) is 12.1 Å². The van der Waals surface area contributed by atoms with Gasteiger partial charge in [-0.15, -0.1) is 0 Å². The highest BCUT2D eigenvalue weighted by atomic mass is 35.5. The number of hydrogen-bond acceptors (Lipinski definition) is 1. The van der Waals surface area contributed by atoms with Crippen molar-refractivity contribution in [3.8, 4) is 0 Å². The molecular formula is C12H13ClF4O. The van der Waals surface area contributed by atoms with Crippen LogP contribution in [-0.2, 0) is 5.60 Å². The average Bonchev–Trinajstić information content (AvgIpc) is 2.19. The van der Waals surface area contributed by atoms with Crippen molar-refractivity contribution < 1.29 is 22.7 Å². The second-order valence-electron chi connectivity index (χ2n) is 4.37. The molecule has 1 aromatic carbocycles. The summed E-state index contributed by atoms with van der Waals surface area (Å²) in [6.07, 6.45) is -5.64. The van der Waals surface area contributed by atoms with Crippen LogP contribution in [0.1, 0.15) is 31.7 Å². The molecular weight excluding hydrogens is 272 g/mol. The summed E-state index contributed by atoms with van der Waals surface area (Å²) in [5.74, 6) is -0.592. The van der Waals surface area contributed by atoms with Gasteiger partial charge in [-0.05, 0) is 38.0 Å². The van der Waals surface area contributed by atoms with E-state index in [1.54, 1.807) is 0 Å². The van der Waals surface area contributed by atoms with Gasteiger partial charge in [0.2, 0.25) is 0 Å². The summed E-state index contributed by atoms with van der Waals surface area (Å²) < 4.78 is 49.1. The molecule has 6 heteroatoms. The second-order valence-corrected chi connectivity index (χ2v) is 4.77. The Morgan fingerprint density at radius 3 is 2.39 bits per heavy atom. The summed E-state index contributed by atoms with van der Waals surface area (Å²) >= 11 is 5.80. The Balaban J connectivity index is 2.76. The molecule has 1 nitrogen and oxygen atoms in total. The number of rotatable bonds is 4. The van der Waals surface area contributed by atoms with Gasteiger partial charge in [-0.25, -0.2) is 4.39 Å². The molecule has 0 amide bonds. The molecule has 1 aromatic rings. The second kappa shape index (κ2) is 5.45. The van der Waals surface area contributed by atoms with Gasteiger partial charge >= 0.3 is 6.18 Å². The monoisotopic (exact) mass is 284 g/mol. The van der Waals surface area contributed by atoms with Crippen LogP contribution in [0.15, 0.2) is 18.2 Å². The van der Waals surface area contributed by atoms with Gasteiger partial charge in [0.15, 0.2) is 0 Å². The third-order valence-electron chi connectivity index (χ3n) is 2.63. The molecule has 1 N–H and O–H groups in total. The van der Waals surface area contributed by atoms with Crippen molar-refractivity contribution in [1.29, 1.82) is 0 Å². The van der Waals surface area contributed by atoms with E-state index in [4.69, 9.17) is 11.6 Å². The van der Waals surface area contributed by atoms with E-state index in [9.17, 15) is 22.7 Å². The molecule has 0 aliphatic heterocycles. The van der Waals surface area contributed by atoms with Crippen LogP contribution in [0.2, 0.25) is 5.02 Å². The maximum Gasteiger partial charge on any atom is 0.389 e. The van der Waals surface area contributed by atoms with Crippen LogP contribution in [0.5, 0.6) is 0 Å². The Bertz CT molecular complexity index is 415. The Kier molecular flexibility index (Phi) is 4.61. The lowest BCUT2D eigenvalue weighted by molar-refractivity contribution is -0.137. The van der Waals surface area contributed by atoms with Crippen LogP contribution in [0.3, 0.4) is 0 Å². The zero-order valence-electron chi connectivity index (χ0n) is 9.69. The van der Waals surface area contributed by atoms with E-state index >= 15 is 0 Å². The third-order valence-corrected chi connectivity index (χ3v) is 2.96. The Morgan fingerprint density at radius 1 is 1.22 bits per heavy atom. The fourth-order valence-corrected chi connectivity index (χ4v) is 2.00. The van der Waals surface area contributed by atoms with Crippen molar-refractivity contribution in [1.82, 2.24) is 0 Å². The summed E-state index contributed by atoms with van der Waals surface area (Å²) in [6, 6.07) is 3.43. The van der Waals surface area contributed by atoms with E-state index in [-0.39, 0.29) is 23.4 Å². The van der Waals surface area contributed by atoms with E-state index in [1.807, 2.05) is 0 Å². The Morgan fingerprint density at radius 2 is 1.83 bits per heavy atom. The zero-order chi connectivity index (χ0) is 14.0. The van der Waals surface area contributed by atoms with E-state index < -0.39 is 24.0 Å². The minimum absolute atomic E-state index is 0.103. The lowest BCUT2D eigenvalue weighted by Crippen LogP contribution is -2.22. The summed E-state index contributed by atoms with van der Waals surface area (Å²) in [6.45, 7) is 1.32. The normalized spacial score (nSPS) is 15.5. The van der Waals surface area contributed by atoms with Crippen molar-refractivity contribution in [2.45, 2.75) is 38.0 Å². The van der Waals surface area contributed by atoms with Crippen LogP contribution < -0.4 is 0 Å². The minimum atomic E-state index is -4.26. The molecule has 0 saturated heterocycles. The SMILES string of the molecule is CC(O)(CCCC(F)(F)F)c1cc(F)ccc1Cl. The Labute approximate surface area is 107 Å². The van der Waals surface area contributed by atoms with Crippen molar-refractivity contribution in [2.24, 2.45) is 0 Å². The van der Waals surface area contributed by atoms with Gasteiger partial charge in [0.05, 0.1) is 5.60 Å². The highest BCUT2D eigenvalue weighted by molar-refractivity contribution is 6.31. The first-order valence-electron chi connectivity index (χ1n) is 5.36. The first-order valence-corrected chi connectivity index (χ1v) is 5.74. The van der Waals surface area contributed by atoms with Crippen LogP contribution in [0.25, 0.3) is 0 Å². The smallest absolute Gasteiger partial charge is 0.385 e. The van der Waals surface area contributed by atoms with E-state index in [0.29, 0.717) is 0 Å². The van der Waals surface area contributed by atoms with Gasteiger partial charge in [-0.2, -0.15) is 13.2 Å². The summed E-state index contributed by atoms with van der Waals surface area (Å²) in [5, 5.41) is 10.2. The number of halogens is 5.